The predicted molar refractivity (Wildman–Crippen MR) is 70.7 cm³/mol. The molecule has 2 nitrogen and oxygen atoms in total. The third kappa shape index (κ3) is 1.72. The van der Waals surface area contributed by atoms with Crippen LogP contribution in [-0.2, 0) is 0 Å². The first-order valence-electron chi connectivity index (χ1n) is 5.55. The predicted octanol–water partition coefficient (Wildman–Crippen LogP) is 3.55. The maximum absolute atomic E-state index is 11.1. The largest absolute Gasteiger partial charge is 0.317 e. The average Bonchev–Trinajstić information content (AvgIpc) is 2.60. The van der Waals surface area contributed by atoms with Gasteiger partial charge in [-0.15, -0.1) is 0 Å². The van der Waals surface area contributed by atoms with Crippen LogP contribution >= 0.6 is 0 Å². The van der Waals surface area contributed by atoms with Crippen LogP contribution < -0.4 is 0 Å². The second-order valence-electron chi connectivity index (χ2n) is 3.99. The van der Waals surface area contributed by atoms with Gasteiger partial charge in [0.2, 0.25) is 0 Å². The number of aromatic nitrogens is 1. The van der Waals surface area contributed by atoms with E-state index in [-0.39, 0.29) is 0 Å². The maximum Gasteiger partial charge on any atom is 0.152 e. The van der Waals surface area contributed by atoms with Gasteiger partial charge in [0.25, 0.3) is 0 Å². The monoisotopic (exact) mass is 225 g/mol. The standard InChI is InChI=1S/C15H15NO/c1-4-14-11(2)16(12(3)15(14)10-17)13-8-6-5-7-9-13/h4-10H,1H2,2-3H3. The van der Waals surface area contributed by atoms with Crippen LogP contribution in [-0.4, -0.2) is 10.9 Å². The summed E-state index contributed by atoms with van der Waals surface area (Å²) in [5.74, 6) is 0. The van der Waals surface area contributed by atoms with Gasteiger partial charge in [-0.25, -0.2) is 0 Å². The molecule has 0 bridgehead atoms. The smallest absolute Gasteiger partial charge is 0.152 e. The number of hydrogen-bond donors (Lipinski definition) is 0. The molecule has 1 aromatic heterocycles. The van der Waals surface area contributed by atoms with Crippen molar-refractivity contribution < 1.29 is 4.79 Å². The Kier molecular flexibility index (Phi) is 2.96. The lowest BCUT2D eigenvalue weighted by Crippen LogP contribution is -1.99. The molecule has 17 heavy (non-hydrogen) atoms. The number of para-hydroxylation sites is 1. The number of aldehydes is 1. The molecule has 1 heterocycles. The molecule has 0 aliphatic heterocycles. The van der Waals surface area contributed by atoms with E-state index in [1.807, 2.05) is 44.2 Å². The van der Waals surface area contributed by atoms with E-state index in [4.69, 9.17) is 0 Å². The zero-order valence-electron chi connectivity index (χ0n) is 10.1. The molecule has 1 aromatic carbocycles. The quantitative estimate of drug-likeness (QED) is 0.732. The van der Waals surface area contributed by atoms with Gasteiger partial charge >= 0.3 is 0 Å². The van der Waals surface area contributed by atoms with Gasteiger partial charge < -0.3 is 4.57 Å². The Morgan fingerprint density at radius 2 is 1.65 bits per heavy atom. The molecule has 2 rings (SSSR count). The maximum atomic E-state index is 11.1. The van der Waals surface area contributed by atoms with E-state index in [0.717, 1.165) is 34.5 Å². The lowest BCUT2D eigenvalue weighted by atomic mass is 10.1. The first kappa shape index (κ1) is 11.4. The first-order chi connectivity index (χ1) is 8.20. The summed E-state index contributed by atoms with van der Waals surface area (Å²) in [5.41, 5.74) is 4.71. The Hall–Kier alpha value is -2.09. The molecule has 0 saturated heterocycles. The zero-order valence-corrected chi connectivity index (χ0v) is 10.1. The van der Waals surface area contributed by atoms with Crippen LogP contribution in [0.15, 0.2) is 36.9 Å². The van der Waals surface area contributed by atoms with Crippen molar-refractivity contribution in [3.05, 3.63) is 59.4 Å². The van der Waals surface area contributed by atoms with E-state index >= 15 is 0 Å². The lowest BCUT2D eigenvalue weighted by molar-refractivity contribution is 0.112. The third-order valence-corrected chi connectivity index (χ3v) is 3.08. The van der Waals surface area contributed by atoms with E-state index in [0.29, 0.717) is 0 Å². The molecule has 86 valence electrons. The minimum atomic E-state index is 0.723. The number of rotatable bonds is 3. The lowest BCUT2D eigenvalue weighted by Gasteiger charge is -2.09. The van der Waals surface area contributed by atoms with Crippen LogP contribution in [0.2, 0.25) is 0 Å². The van der Waals surface area contributed by atoms with Crippen LogP contribution in [0.5, 0.6) is 0 Å². The number of benzene rings is 1. The molecule has 0 fully saturated rings. The molecule has 0 radical (unpaired) electrons. The van der Waals surface area contributed by atoms with E-state index < -0.39 is 0 Å². The highest BCUT2D eigenvalue weighted by atomic mass is 16.1. The molecule has 0 unspecified atom stereocenters. The van der Waals surface area contributed by atoms with Crippen molar-refractivity contribution >= 4 is 12.4 Å². The summed E-state index contributed by atoms with van der Waals surface area (Å²) < 4.78 is 2.08. The molecular weight excluding hydrogens is 210 g/mol. The molecule has 0 aliphatic carbocycles. The highest BCUT2D eigenvalue weighted by Gasteiger charge is 2.15. The molecular formula is C15H15NO. The Morgan fingerprint density at radius 1 is 1.06 bits per heavy atom. The van der Waals surface area contributed by atoms with Crippen LogP contribution in [0.3, 0.4) is 0 Å². The van der Waals surface area contributed by atoms with Crippen LogP contribution in [0.1, 0.15) is 27.3 Å². The van der Waals surface area contributed by atoms with Gasteiger partial charge in [0.15, 0.2) is 6.29 Å². The highest BCUT2D eigenvalue weighted by molar-refractivity contribution is 5.85. The normalized spacial score (nSPS) is 10.2. The fourth-order valence-electron chi connectivity index (χ4n) is 2.25. The minimum Gasteiger partial charge on any atom is -0.317 e. The zero-order chi connectivity index (χ0) is 12.4. The molecule has 0 aliphatic rings. The van der Waals surface area contributed by atoms with E-state index in [9.17, 15) is 4.79 Å². The molecule has 0 amide bonds. The highest BCUT2D eigenvalue weighted by Crippen LogP contribution is 2.25. The fourth-order valence-corrected chi connectivity index (χ4v) is 2.25. The number of carbonyl (C=O) groups is 1. The van der Waals surface area contributed by atoms with Gasteiger partial charge in [0.1, 0.15) is 0 Å². The number of carbonyl (C=O) groups excluding carboxylic acids is 1. The summed E-state index contributed by atoms with van der Waals surface area (Å²) in [6, 6.07) is 10.0. The van der Waals surface area contributed by atoms with Crippen molar-refractivity contribution in [2.75, 3.05) is 0 Å². The summed E-state index contributed by atoms with van der Waals surface area (Å²) >= 11 is 0. The Balaban J connectivity index is 2.75. The number of hydrogen-bond acceptors (Lipinski definition) is 1. The summed E-state index contributed by atoms with van der Waals surface area (Å²) in [6.45, 7) is 7.74. The summed E-state index contributed by atoms with van der Waals surface area (Å²) in [4.78, 5) is 11.1. The van der Waals surface area contributed by atoms with Gasteiger partial charge in [-0.05, 0) is 26.0 Å². The molecule has 0 atom stereocenters. The van der Waals surface area contributed by atoms with Gasteiger partial charge in [0.05, 0.1) is 0 Å². The van der Waals surface area contributed by atoms with Crippen molar-refractivity contribution in [2.45, 2.75) is 13.8 Å². The molecule has 2 heteroatoms. The molecule has 2 aromatic rings. The third-order valence-electron chi connectivity index (χ3n) is 3.08. The topological polar surface area (TPSA) is 22.0 Å². The van der Waals surface area contributed by atoms with Crippen LogP contribution in [0.25, 0.3) is 11.8 Å². The Bertz CT molecular complexity index is 533. The Labute approximate surface area is 101 Å². The summed E-state index contributed by atoms with van der Waals surface area (Å²) in [6.07, 6.45) is 2.64. The first-order valence-corrected chi connectivity index (χ1v) is 5.55. The van der Waals surface area contributed by atoms with E-state index in [2.05, 4.69) is 11.1 Å². The molecule has 0 saturated carbocycles. The molecule has 0 spiro atoms. The second-order valence-corrected chi connectivity index (χ2v) is 3.99. The van der Waals surface area contributed by atoms with Gasteiger partial charge in [-0.2, -0.15) is 0 Å². The van der Waals surface area contributed by atoms with Crippen molar-refractivity contribution in [3.63, 3.8) is 0 Å². The number of nitrogens with zero attached hydrogens (tertiary/aromatic N) is 1. The summed E-state index contributed by atoms with van der Waals surface area (Å²) in [5, 5.41) is 0. The van der Waals surface area contributed by atoms with E-state index in [1.54, 1.807) is 6.08 Å². The van der Waals surface area contributed by atoms with Gasteiger partial charge in [-0.1, -0.05) is 30.9 Å². The van der Waals surface area contributed by atoms with Crippen molar-refractivity contribution in [3.8, 4) is 5.69 Å². The minimum absolute atomic E-state index is 0.723. The van der Waals surface area contributed by atoms with Gasteiger partial charge in [0, 0.05) is 28.2 Å². The fraction of sp³-hybridized carbons (Fsp3) is 0.133. The van der Waals surface area contributed by atoms with Crippen LogP contribution in [0, 0.1) is 13.8 Å². The SMILES string of the molecule is C=Cc1c(C=O)c(C)n(-c2ccccc2)c1C. The van der Waals surface area contributed by atoms with Crippen molar-refractivity contribution in [1.29, 1.82) is 0 Å². The second kappa shape index (κ2) is 4.42. The average molecular weight is 225 g/mol. The van der Waals surface area contributed by atoms with Gasteiger partial charge in [-0.3, -0.25) is 4.79 Å². The van der Waals surface area contributed by atoms with Crippen LogP contribution in [0.4, 0.5) is 0 Å². The Morgan fingerprint density at radius 3 is 2.12 bits per heavy atom. The van der Waals surface area contributed by atoms with Crippen molar-refractivity contribution in [2.24, 2.45) is 0 Å². The van der Waals surface area contributed by atoms with E-state index in [1.165, 1.54) is 0 Å². The van der Waals surface area contributed by atoms with Crippen molar-refractivity contribution in [1.82, 2.24) is 4.57 Å². The molecule has 0 N–H and O–H groups in total. The summed E-state index contributed by atoms with van der Waals surface area (Å²) in [7, 11) is 0.